The molecule has 3 aromatic rings. The van der Waals surface area contributed by atoms with E-state index >= 15 is 0 Å². The first kappa shape index (κ1) is 24.9. The Bertz CT molecular complexity index is 1130. The molecule has 0 spiro atoms. The molecule has 1 fully saturated rings. The molecule has 4 unspecified atom stereocenters. The minimum Gasteiger partial charge on any atom is -0.387 e. The second-order valence-electron chi connectivity index (χ2n) is 7.32. The summed E-state index contributed by atoms with van der Waals surface area (Å²) in [6.45, 7) is 1.41. The van der Waals surface area contributed by atoms with Gasteiger partial charge in [0.25, 0.3) is 0 Å². The first-order valence-corrected chi connectivity index (χ1v) is 9.92. The van der Waals surface area contributed by atoms with E-state index in [1.165, 1.54) is 43.1 Å². The van der Waals surface area contributed by atoms with Gasteiger partial charge in [-0.3, -0.25) is 4.84 Å². The molecule has 0 aliphatic carbocycles. The van der Waals surface area contributed by atoms with Gasteiger partial charge in [0.2, 0.25) is 0 Å². The quantitative estimate of drug-likeness (QED) is 0.387. The smallest absolute Gasteiger partial charge is 0.165 e. The first-order chi connectivity index (χ1) is 14.7. The van der Waals surface area contributed by atoms with Gasteiger partial charge < -0.3 is 24.6 Å². The number of nitrogens with one attached hydrogen (secondary N) is 1. The highest BCUT2D eigenvalue weighted by atomic mass is 35.5. The highest BCUT2D eigenvalue weighted by Gasteiger charge is 2.52. The standard InChI is InChI=1S/C19H19Cl2FN4O5.ClH/c1-19(29,8-3-4-9(20)10(21)5-8)15-13(27)14(28)18(31-15)26-6-11(22)12-16(25-30-2)23-7-24-17(12)26;/h3-7,13-15,18,27-29H,1-2H3,(H,23,24,25);1H/t13?,14?,15?,18?,19-;/m1./s1. The van der Waals surface area contributed by atoms with Gasteiger partial charge in [0.1, 0.15) is 30.2 Å². The number of aliphatic hydroxyl groups excluding tert-OH is 2. The monoisotopic (exact) mass is 508 g/mol. The number of aromatic nitrogens is 3. The zero-order valence-corrected chi connectivity index (χ0v) is 19.1. The Balaban J connectivity index is 0.00000289. The summed E-state index contributed by atoms with van der Waals surface area (Å²) in [6, 6.07) is 4.48. The van der Waals surface area contributed by atoms with Crippen LogP contribution < -0.4 is 5.48 Å². The van der Waals surface area contributed by atoms with Crippen LogP contribution in [0.3, 0.4) is 0 Å². The number of hydrogen-bond donors (Lipinski definition) is 4. The third-order valence-electron chi connectivity index (χ3n) is 5.33. The van der Waals surface area contributed by atoms with Crippen LogP contribution in [0.25, 0.3) is 11.0 Å². The summed E-state index contributed by atoms with van der Waals surface area (Å²) in [4.78, 5) is 12.8. The Morgan fingerprint density at radius 3 is 2.59 bits per heavy atom. The van der Waals surface area contributed by atoms with Gasteiger partial charge in [0, 0.05) is 6.20 Å². The molecule has 1 aliphatic rings. The Hall–Kier alpha value is -1.76. The van der Waals surface area contributed by atoms with Gasteiger partial charge in [0.15, 0.2) is 23.5 Å². The lowest BCUT2D eigenvalue weighted by atomic mass is 9.87. The summed E-state index contributed by atoms with van der Waals surface area (Å²) in [5, 5.41) is 33.0. The Kier molecular flexibility index (Phi) is 7.18. The molecule has 3 heterocycles. The second kappa shape index (κ2) is 9.24. The average molecular weight is 510 g/mol. The lowest BCUT2D eigenvalue weighted by Gasteiger charge is -2.32. The van der Waals surface area contributed by atoms with E-state index in [1.807, 2.05) is 0 Å². The van der Waals surface area contributed by atoms with E-state index in [2.05, 4.69) is 15.4 Å². The van der Waals surface area contributed by atoms with E-state index in [9.17, 15) is 19.7 Å². The van der Waals surface area contributed by atoms with E-state index < -0.39 is 36.0 Å². The highest BCUT2D eigenvalue weighted by molar-refractivity contribution is 6.42. The fraction of sp³-hybridized carbons (Fsp3) is 0.368. The SMILES string of the molecule is CONc1ncnc2c1c(F)cn2C1OC([C@](C)(O)c2ccc(Cl)c(Cl)c2)C(O)C1O.Cl. The van der Waals surface area contributed by atoms with Crippen molar-refractivity contribution in [2.45, 2.75) is 37.1 Å². The predicted octanol–water partition coefficient (Wildman–Crippen LogP) is 2.80. The minimum absolute atomic E-state index is 0. The maximum absolute atomic E-state index is 14.7. The van der Waals surface area contributed by atoms with Gasteiger partial charge in [-0.05, 0) is 24.6 Å². The molecule has 4 N–H and O–H groups in total. The maximum atomic E-state index is 14.7. The lowest BCUT2D eigenvalue weighted by molar-refractivity contribution is -0.135. The summed E-state index contributed by atoms with van der Waals surface area (Å²) < 4.78 is 21.7. The predicted molar refractivity (Wildman–Crippen MR) is 117 cm³/mol. The minimum atomic E-state index is -1.76. The van der Waals surface area contributed by atoms with Crippen LogP contribution in [0.4, 0.5) is 10.2 Å². The van der Waals surface area contributed by atoms with Crippen LogP contribution in [0.15, 0.2) is 30.7 Å². The van der Waals surface area contributed by atoms with Crippen LogP contribution in [0.1, 0.15) is 18.7 Å². The number of halogens is 4. The van der Waals surface area contributed by atoms with Crippen molar-refractivity contribution in [1.29, 1.82) is 0 Å². The van der Waals surface area contributed by atoms with Gasteiger partial charge in [-0.25, -0.2) is 19.8 Å². The van der Waals surface area contributed by atoms with Crippen LogP contribution in [-0.2, 0) is 15.2 Å². The Morgan fingerprint density at radius 2 is 1.94 bits per heavy atom. The van der Waals surface area contributed by atoms with Crippen LogP contribution in [0.2, 0.25) is 10.0 Å². The number of hydrogen-bond acceptors (Lipinski definition) is 8. The topological polar surface area (TPSA) is 122 Å². The third kappa shape index (κ3) is 4.02. The van der Waals surface area contributed by atoms with E-state index in [0.29, 0.717) is 10.6 Å². The molecule has 1 saturated heterocycles. The zero-order chi connectivity index (χ0) is 22.5. The number of fused-ring (bicyclic) bond motifs is 1. The van der Waals surface area contributed by atoms with Crippen molar-refractivity contribution in [3.63, 3.8) is 0 Å². The van der Waals surface area contributed by atoms with Gasteiger partial charge in [0.05, 0.1) is 22.5 Å². The second-order valence-corrected chi connectivity index (χ2v) is 8.13. The molecule has 4 rings (SSSR count). The number of aliphatic hydroxyl groups is 3. The molecule has 0 amide bonds. The zero-order valence-electron chi connectivity index (χ0n) is 16.7. The number of rotatable bonds is 5. The van der Waals surface area contributed by atoms with Gasteiger partial charge in [-0.1, -0.05) is 29.3 Å². The highest BCUT2D eigenvalue weighted by Crippen LogP contribution is 2.42. The Labute approximate surface area is 198 Å². The van der Waals surface area contributed by atoms with Crippen molar-refractivity contribution in [3.05, 3.63) is 52.1 Å². The van der Waals surface area contributed by atoms with Crippen molar-refractivity contribution < 1.29 is 29.3 Å². The maximum Gasteiger partial charge on any atom is 0.165 e. The summed E-state index contributed by atoms with van der Waals surface area (Å²) in [7, 11) is 1.35. The normalized spacial score (nSPS) is 24.9. The van der Waals surface area contributed by atoms with Crippen LogP contribution >= 0.6 is 35.6 Å². The number of ether oxygens (including phenoxy) is 1. The van der Waals surface area contributed by atoms with Gasteiger partial charge in [-0.2, -0.15) is 0 Å². The fourth-order valence-electron chi connectivity index (χ4n) is 3.74. The van der Waals surface area contributed by atoms with Crippen LogP contribution in [0, 0.1) is 5.82 Å². The number of anilines is 1. The molecule has 32 heavy (non-hydrogen) atoms. The third-order valence-corrected chi connectivity index (χ3v) is 6.07. The van der Waals surface area contributed by atoms with Crippen molar-refractivity contribution in [3.8, 4) is 0 Å². The molecule has 1 aromatic carbocycles. The van der Waals surface area contributed by atoms with E-state index in [-0.39, 0.29) is 34.3 Å². The average Bonchev–Trinajstić information content (AvgIpc) is 3.22. The first-order valence-electron chi connectivity index (χ1n) is 9.16. The molecular formula is C19H20Cl3FN4O5. The van der Waals surface area contributed by atoms with Crippen LogP contribution in [0.5, 0.6) is 0 Å². The fourth-order valence-corrected chi connectivity index (χ4v) is 4.04. The van der Waals surface area contributed by atoms with Crippen molar-refractivity contribution in [2.75, 3.05) is 12.6 Å². The van der Waals surface area contributed by atoms with Gasteiger partial charge in [-0.15, -0.1) is 12.4 Å². The molecule has 13 heteroatoms. The van der Waals surface area contributed by atoms with E-state index in [1.54, 1.807) is 0 Å². The summed E-state index contributed by atoms with van der Waals surface area (Å²) in [6.07, 6.45) is -3.27. The molecule has 5 atom stereocenters. The molecule has 0 saturated carbocycles. The van der Waals surface area contributed by atoms with Crippen molar-refractivity contribution in [2.24, 2.45) is 0 Å². The Morgan fingerprint density at radius 1 is 1.22 bits per heavy atom. The number of benzene rings is 1. The van der Waals surface area contributed by atoms with Crippen molar-refractivity contribution >= 4 is 52.5 Å². The lowest BCUT2D eigenvalue weighted by Crippen LogP contribution is -2.45. The molecule has 174 valence electrons. The molecule has 9 nitrogen and oxygen atoms in total. The molecule has 0 bridgehead atoms. The molecular weight excluding hydrogens is 490 g/mol. The van der Waals surface area contributed by atoms with E-state index in [4.69, 9.17) is 32.8 Å². The summed E-state index contributed by atoms with van der Waals surface area (Å²) >= 11 is 12.0. The van der Waals surface area contributed by atoms with E-state index in [0.717, 1.165) is 6.20 Å². The number of nitrogens with zero attached hydrogens (tertiary/aromatic N) is 3. The van der Waals surface area contributed by atoms with Crippen molar-refractivity contribution in [1.82, 2.24) is 14.5 Å². The summed E-state index contributed by atoms with van der Waals surface area (Å²) in [5.41, 5.74) is 1.11. The summed E-state index contributed by atoms with van der Waals surface area (Å²) in [5.74, 6) is -0.615. The molecule has 2 aromatic heterocycles. The largest absolute Gasteiger partial charge is 0.387 e. The van der Waals surface area contributed by atoms with Gasteiger partial charge >= 0.3 is 0 Å². The molecule has 0 radical (unpaired) electrons. The van der Waals surface area contributed by atoms with Crippen LogP contribution in [-0.4, -0.2) is 55.3 Å². The molecule has 1 aliphatic heterocycles.